The maximum absolute atomic E-state index is 14.1. The summed E-state index contributed by atoms with van der Waals surface area (Å²) in [5, 5.41) is 13.8. The van der Waals surface area contributed by atoms with Gasteiger partial charge in [-0.05, 0) is 56.7 Å². The van der Waals surface area contributed by atoms with Crippen LogP contribution in [0.2, 0.25) is 0 Å². The van der Waals surface area contributed by atoms with Crippen LogP contribution in [0, 0.1) is 12.7 Å². The van der Waals surface area contributed by atoms with E-state index in [-0.39, 0.29) is 12.0 Å². The van der Waals surface area contributed by atoms with Gasteiger partial charge in [-0.3, -0.25) is 4.99 Å². The van der Waals surface area contributed by atoms with Crippen LogP contribution < -0.4 is 5.32 Å². The van der Waals surface area contributed by atoms with E-state index >= 15 is 0 Å². The van der Waals surface area contributed by atoms with Gasteiger partial charge in [-0.25, -0.2) is 4.39 Å². The average Bonchev–Trinajstić information content (AvgIpc) is 3.18. The lowest BCUT2D eigenvalue weighted by Crippen LogP contribution is -2.26. The van der Waals surface area contributed by atoms with E-state index in [9.17, 15) is 9.50 Å². The maximum atomic E-state index is 14.1. The lowest BCUT2D eigenvalue weighted by Gasteiger charge is -2.18. The first-order valence-corrected chi connectivity index (χ1v) is 9.52. The summed E-state index contributed by atoms with van der Waals surface area (Å²) in [6.07, 6.45) is 1.48. The molecule has 0 radical (unpaired) electrons. The van der Waals surface area contributed by atoms with Crippen molar-refractivity contribution in [3.05, 3.63) is 53.3 Å². The second kappa shape index (κ2) is 7.50. The maximum Gasteiger partial charge on any atom is 0.198 e. The van der Waals surface area contributed by atoms with Crippen molar-refractivity contribution in [2.75, 3.05) is 18.5 Å². The molecule has 29 heavy (non-hydrogen) atoms. The predicted octanol–water partition coefficient (Wildman–Crippen LogP) is 4.64. The molecule has 2 aromatic carbocycles. The number of ether oxygens (including phenoxy) is 2. The molecule has 1 aliphatic rings. The Bertz CT molecular complexity index is 1070. The lowest BCUT2D eigenvalue weighted by molar-refractivity contribution is -0.136. The monoisotopic (exact) mass is 397 g/mol. The van der Waals surface area contributed by atoms with Gasteiger partial charge in [0, 0.05) is 23.8 Å². The summed E-state index contributed by atoms with van der Waals surface area (Å²) < 4.78 is 25.5. The number of nitrogens with one attached hydrogen (secondary N) is 2. The molecule has 3 aromatic rings. The Morgan fingerprint density at radius 2 is 2.17 bits per heavy atom. The first-order valence-electron chi connectivity index (χ1n) is 9.52. The SMILES string of the molecule is Cc1cc(N=Cc2c(O)[nH]c3cccc(F)c23)ccc1NCC1COC(C)(C)O1. The van der Waals surface area contributed by atoms with Gasteiger partial charge in [0.15, 0.2) is 11.7 Å². The number of hydrogen-bond donors (Lipinski definition) is 3. The van der Waals surface area contributed by atoms with Crippen LogP contribution >= 0.6 is 0 Å². The highest BCUT2D eigenvalue weighted by molar-refractivity contribution is 6.02. The van der Waals surface area contributed by atoms with Crippen LogP contribution in [0.1, 0.15) is 25.0 Å². The van der Waals surface area contributed by atoms with Gasteiger partial charge in [-0.1, -0.05) is 6.07 Å². The van der Waals surface area contributed by atoms with E-state index in [2.05, 4.69) is 15.3 Å². The van der Waals surface area contributed by atoms with E-state index in [1.54, 1.807) is 12.1 Å². The molecule has 152 valence electrons. The van der Waals surface area contributed by atoms with Crippen LogP contribution in [0.25, 0.3) is 10.9 Å². The number of rotatable bonds is 5. The molecule has 0 aliphatic carbocycles. The molecule has 2 heterocycles. The number of hydrogen-bond acceptors (Lipinski definition) is 5. The third-order valence-corrected chi connectivity index (χ3v) is 4.93. The van der Waals surface area contributed by atoms with Crippen molar-refractivity contribution in [1.82, 2.24) is 4.98 Å². The fourth-order valence-electron chi connectivity index (χ4n) is 3.49. The average molecular weight is 397 g/mol. The number of fused-ring (bicyclic) bond motifs is 1. The van der Waals surface area contributed by atoms with Crippen LogP contribution in [-0.2, 0) is 9.47 Å². The first kappa shape index (κ1) is 19.4. The smallest absolute Gasteiger partial charge is 0.198 e. The number of aromatic nitrogens is 1. The number of halogens is 1. The molecule has 1 saturated heterocycles. The quantitative estimate of drug-likeness (QED) is 0.548. The molecular formula is C22H24FN3O3. The van der Waals surface area contributed by atoms with Crippen molar-refractivity contribution >= 4 is 28.5 Å². The van der Waals surface area contributed by atoms with Crippen molar-refractivity contribution in [3.63, 3.8) is 0 Å². The number of aryl methyl sites for hydroxylation is 1. The topological polar surface area (TPSA) is 78.9 Å². The van der Waals surface area contributed by atoms with E-state index in [0.29, 0.717) is 35.3 Å². The third-order valence-electron chi connectivity index (χ3n) is 4.93. The second-order valence-electron chi connectivity index (χ2n) is 7.64. The Hall–Kier alpha value is -2.90. The number of H-pyrrole nitrogens is 1. The molecular weight excluding hydrogens is 373 g/mol. The Kier molecular flexibility index (Phi) is 5.02. The van der Waals surface area contributed by atoms with Gasteiger partial charge in [0.2, 0.25) is 0 Å². The molecule has 3 N–H and O–H groups in total. The van der Waals surface area contributed by atoms with Crippen molar-refractivity contribution in [3.8, 4) is 5.88 Å². The van der Waals surface area contributed by atoms with Gasteiger partial charge in [0.05, 0.1) is 23.4 Å². The number of aliphatic imine (C=N–C) groups is 1. The van der Waals surface area contributed by atoms with Crippen LogP contribution in [0.5, 0.6) is 5.88 Å². The molecule has 4 rings (SSSR count). The number of anilines is 1. The van der Waals surface area contributed by atoms with Gasteiger partial charge >= 0.3 is 0 Å². The van der Waals surface area contributed by atoms with Gasteiger partial charge in [0.25, 0.3) is 0 Å². The van der Waals surface area contributed by atoms with Crippen molar-refractivity contribution in [1.29, 1.82) is 0 Å². The Balaban J connectivity index is 1.48. The van der Waals surface area contributed by atoms with Crippen molar-refractivity contribution in [2.45, 2.75) is 32.7 Å². The first-order chi connectivity index (χ1) is 13.8. The summed E-state index contributed by atoms with van der Waals surface area (Å²) in [5.74, 6) is -1.05. The minimum absolute atomic E-state index is 0.00170. The Labute approximate surface area is 168 Å². The van der Waals surface area contributed by atoms with Crippen LogP contribution in [0.3, 0.4) is 0 Å². The molecule has 1 unspecified atom stereocenters. The minimum Gasteiger partial charge on any atom is -0.494 e. The summed E-state index contributed by atoms with van der Waals surface area (Å²) in [7, 11) is 0. The minimum atomic E-state index is -0.534. The number of nitrogens with zero attached hydrogens (tertiary/aromatic N) is 1. The highest BCUT2D eigenvalue weighted by Gasteiger charge is 2.32. The molecule has 1 fully saturated rings. The zero-order valence-corrected chi connectivity index (χ0v) is 16.6. The molecule has 7 heteroatoms. The highest BCUT2D eigenvalue weighted by atomic mass is 19.1. The largest absolute Gasteiger partial charge is 0.494 e. The standard InChI is InChI=1S/C22H24FN3O3/c1-13-9-14(7-8-18(13)25-10-15-12-28-22(2,3)29-15)24-11-16-20-17(23)5-4-6-19(20)26-21(16)27/h4-9,11,15,25-27H,10,12H2,1-3H3. The molecule has 1 atom stereocenters. The second-order valence-corrected chi connectivity index (χ2v) is 7.64. The van der Waals surface area contributed by atoms with Crippen LogP contribution in [0.4, 0.5) is 15.8 Å². The molecule has 1 aromatic heterocycles. The normalized spacial score (nSPS) is 18.7. The van der Waals surface area contributed by atoms with Crippen LogP contribution in [0.15, 0.2) is 41.4 Å². The van der Waals surface area contributed by atoms with Crippen LogP contribution in [-0.4, -0.2) is 41.3 Å². The predicted molar refractivity (Wildman–Crippen MR) is 112 cm³/mol. The number of benzene rings is 2. The summed E-state index contributed by atoms with van der Waals surface area (Å²) >= 11 is 0. The molecule has 0 bridgehead atoms. The van der Waals surface area contributed by atoms with Gasteiger partial charge in [0.1, 0.15) is 11.9 Å². The summed E-state index contributed by atoms with van der Waals surface area (Å²) in [6.45, 7) is 7.01. The summed E-state index contributed by atoms with van der Waals surface area (Å²) in [4.78, 5) is 7.18. The number of aromatic amines is 1. The Morgan fingerprint density at radius 1 is 1.34 bits per heavy atom. The van der Waals surface area contributed by atoms with Crippen molar-refractivity contribution in [2.24, 2.45) is 4.99 Å². The summed E-state index contributed by atoms with van der Waals surface area (Å²) in [5.41, 5.74) is 3.57. The van der Waals surface area contributed by atoms with E-state index in [4.69, 9.17) is 9.47 Å². The molecule has 6 nitrogen and oxygen atoms in total. The van der Waals surface area contributed by atoms with Gasteiger partial charge < -0.3 is 24.9 Å². The third kappa shape index (κ3) is 4.11. The molecule has 0 amide bonds. The fraction of sp³-hybridized carbons (Fsp3) is 0.318. The highest BCUT2D eigenvalue weighted by Crippen LogP contribution is 2.29. The van der Waals surface area contributed by atoms with Gasteiger partial charge in [-0.15, -0.1) is 0 Å². The van der Waals surface area contributed by atoms with E-state index in [1.807, 2.05) is 39.0 Å². The Morgan fingerprint density at radius 3 is 2.90 bits per heavy atom. The van der Waals surface area contributed by atoms with E-state index < -0.39 is 11.6 Å². The fourth-order valence-corrected chi connectivity index (χ4v) is 3.49. The number of aromatic hydroxyl groups is 1. The zero-order valence-electron chi connectivity index (χ0n) is 16.6. The zero-order chi connectivity index (χ0) is 20.6. The van der Waals surface area contributed by atoms with E-state index in [1.165, 1.54) is 12.3 Å². The molecule has 1 aliphatic heterocycles. The van der Waals surface area contributed by atoms with Crippen molar-refractivity contribution < 1.29 is 19.0 Å². The summed E-state index contributed by atoms with van der Waals surface area (Å²) in [6, 6.07) is 10.4. The lowest BCUT2D eigenvalue weighted by atomic mass is 10.1. The van der Waals surface area contributed by atoms with Gasteiger partial charge in [-0.2, -0.15) is 0 Å². The molecule has 0 saturated carbocycles. The van der Waals surface area contributed by atoms with E-state index in [0.717, 1.165) is 11.3 Å². The molecule has 0 spiro atoms.